The number of unbranched alkanes of at least 4 members (excludes halogenated alkanes) is 1. The molecule has 1 aromatic rings. The molecule has 0 radical (unpaired) electrons. The first-order chi connectivity index (χ1) is 7.61. The summed E-state index contributed by atoms with van der Waals surface area (Å²) in [6, 6.07) is 4.89. The predicted octanol–water partition coefficient (Wildman–Crippen LogP) is 2.80. The fourth-order valence-electron chi connectivity index (χ4n) is 1.42. The largest absolute Gasteiger partial charge is 0.481 e. The highest BCUT2D eigenvalue weighted by Crippen LogP contribution is 2.17. The molecule has 0 bridgehead atoms. The molecule has 0 atom stereocenters. The minimum atomic E-state index is -0.776. The molecule has 1 rings (SSSR count). The summed E-state index contributed by atoms with van der Waals surface area (Å²) in [5.74, 6) is -1.00. The summed E-state index contributed by atoms with van der Waals surface area (Å²) in [7, 11) is 0. The van der Waals surface area contributed by atoms with E-state index in [4.69, 9.17) is 5.11 Å². The van der Waals surface area contributed by atoms with Gasteiger partial charge in [-0.2, -0.15) is 0 Å². The molecule has 16 heavy (non-hydrogen) atoms. The summed E-state index contributed by atoms with van der Waals surface area (Å²) in [5, 5.41) is 11.5. The van der Waals surface area contributed by atoms with Gasteiger partial charge in [-0.05, 0) is 31.9 Å². The third-order valence-corrected chi connectivity index (χ3v) is 2.40. The molecule has 0 spiro atoms. The first kappa shape index (κ1) is 12.5. The van der Waals surface area contributed by atoms with Crippen molar-refractivity contribution in [3.8, 4) is 0 Å². The predicted molar refractivity (Wildman–Crippen MR) is 61.1 cm³/mol. The molecule has 0 aliphatic rings. The van der Waals surface area contributed by atoms with Crippen LogP contribution in [0.1, 0.15) is 24.8 Å². The Labute approximate surface area is 94.3 Å². The molecule has 3 nitrogen and oxygen atoms in total. The summed E-state index contributed by atoms with van der Waals surface area (Å²) >= 11 is 0. The van der Waals surface area contributed by atoms with E-state index in [2.05, 4.69) is 5.32 Å². The highest BCUT2D eigenvalue weighted by Gasteiger charge is 2.02. The highest BCUT2D eigenvalue weighted by molar-refractivity contribution is 5.66. The SMILES string of the molecule is Cc1c(F)cccc1NCCCCC(=O)O. The van der Waals surface area contributed by atoms with Crippen molar-refractivity contribution in [2.75, 3.05) is 11.9 Å². The molecule has 0 aliphatic heterocycles. The van der Waals surface area contributed by atoms with Crippen LogP contribution in [0.3, 0.4) is 0 Å². The van der Waals surface area contributed by atoms with Gasteiger partial charge in [0.25, 0.3) is 0 Å². The molecule has 1 aromatic carbocycles. The fraction of sp³-hybridized carbons (Fsp3) is 0.417. The molecule has 2 N–H and O–H groups in total. The molecule has 0 fully saturated rings. The summed E-state index contributed by atoms with van der Waals surface area (Å²) in [6.45, 7) is 2.38. The molecule has 88 valence electrons. The Hall–Kier alpha value is -1.58. The van der Waals surface area contributed by atoms with Gasteiger partial charge in [0.1, 0.15) is 5.82 Å². The topological polar surface area (TPSA) is 49.3 Å². The van der Waals surface area contributed by atoms with Crippen molar-refractivity contribution in [1.29, 1.82) is 0 Å². The number of anilines is 1. The monoisotopic (exact) mass is 225 g/mol. The maximum atomic E-state index is 13.1. The van der Waals surface area contributed by atoms with E-state index in [1.807, 2.05) is 6.07 Å². The maximum Gasteiger partial charge on any atom is 0.303 e. The molecule has 0 saturated heterocycles. The highest BCUT2D eigenvalue weighted by atomic mass is 19.1. The van der Waals surface area contributed by atoms with Crippen molar-refractivity contribution >= 4 is 11.7 Å². The second kappa shape index (κ2) is 6.10. The van der Waals surface area contributed by atoms with Crippen LogP contribution in [0.5, 0.6) is 0 Å². The van der Waals surface area contributed by atoms with Gasteiger partial charge >= 0.3 is 5.97 Å². The molecular weight excluding hydrogens is 209 g/mol. The third kappa shape index (κ3) is 3.88. The molecule has 0 amide bonds. The molecule has 0 saturated carbocycles. The van der Waals surface area contributed by atoms with Gasteiger partial charge in [0.05, 0.1) is 0 Å². The Morgan fingerprint density at radius 1 is 1.44 bits per heavy atom. The van der Waals surface area contributed by atoms with Crippen molar-refractivity contribution in [2.45, 2.75) is 26.2 Å². The van der Waals surface area contributed by atoms with E-state index < -0.39 is 5.97 Å². The van der Waals surface area contributed by atoms with E-state index in [-0.39, 0.29) is 12.2 Å². The minimum Gasteiger partial charge on any atom is -0.481 e. The van der Waals surface area contributed by atoms with Crippen molar-refractivity contribution in [3.05, 3.63) is 29.6 Å². The van der Waals surface area contributed by atoms with Crippen LogP contribution < -0.4 is 5.32 Å². The second-order valence-electron chi connectivity index (χ2n) is 3.69. The number of hydrogen-bond acceptors (Lipinski definition) is 2. The minimum absolute atomic E-state index is 0.184. The summed E-state index contributed by atoms with van der Waals surface area (Å²) < 4.78 is 13.1. The van der Waals surface area contributed by atoms with Gasteiger partial charge in [0, 0.05) is 24.2 Å². The number of benzene rings is 1. The van der Waals surface area contributed by atoms with E-state index in [0.717, 1.165) is 12.1 Å². The van der Waals surface area contributed by atoms with Gasteiger partial charge in [-0.3, -0.25) is 4.79 Å². The Morgan fingerprint density at radius 3 is 2.88 bits per heavy atom. The Bertz CT molecular complexity index is 366. The fourth-order valence-corrected chi connectivity index (χ4v) is 1.42. The lowest BCUT2D eigenvalue weighted by atomic mass is 10.2. The maximum absolute atomic E-state index is 13.1. The molecule has 0 unspecified atom stereocenters. The van der Waals surface area contributed by atoms with Crippen molar-refractivity contribution < 1.29 is 14.3 Å². The van der Waals surface area contributed by atoms with Crippen LogP contribution in [0.4, 0.5) is 10.1 Å². The molecule has 0 aliphatic carbocycles. The van der Waals surface area contributed by atoms with Crippen LogP contribution in [0.15, 0.2) is 18.2 Å². The van der Waals surface area contributed by atoms with Crippen LogP contribution in [0.2, 0.25) is 0 Å². The van der Waals surface area contributed by atoms with Gasteiger partial charge in [0.2, 0.25) is 0 Å². The van der Waals surface area contributed by atoms with Gasteiger partial charge < -0.3 is 10.4 Å². The summed E-state index contributed by atoms with van der Waals surface area (Å²) in [4.78, 5) is 10.3. The van der Waals surface area contributed by atoms with Gasteiger partial charge in [-0.1, -0.05) is 6.07 Å². The molecule has 4 heteroatoms. The van der Waals surface area contributed by atoms with Crippen molar-refractivity contribution in [2.24, 2.45) is 0 Å². The second-order valence-corrected chi connectivity index (χ2v) is 3.69. The molecular formula is C12H16FNO2. The number of carboxylic acid groups (broad SMARTS) is 1. The first-order valence-corrected chi connectivity index (χ1v) is 5.32. The summed E-state index contributed by atoms with van der Waals surface area (Å²) in [6.07, 6.45) is 1.59. The zero-order valence-corrected chi connectivity index (χ0v) is 9.29. The molecule has 0 aromatic heterocycles. The average Bonchev–Trinajstić information content (AvgIpc) is 2.23. The van der Waals surface area contributed by atoms with Crippen molar-refractivity contribution in [1.82, 2.24) is 0 Å². The van der Waals surface area contributed by atoms with E-state index in [9.17, 15) is 9.18 Å². The van der Waals surface area contributed by atoms with Crippen LogP contribution in [0, 0.1) is 12.7 Å². The Balaban J connectivity index is 2.32. The average molecular weight is 225 g/mol. The van der Waals surface area contributed by atoms with Gasteiger partial charge in [-0.15, -0.1) is 0 Å². The number of rotatable bonds is 6. The number of halogens is 1. The first-order valence-electron chi connectivity index (χ1n) is 5.32. The van der Waals surface area contributed by atoms with Crippen LogP contribution in [0.25, 0.3) is 0 Å². The lowest BCUT2D eigenvalue weighted by Crippen LogP contribution is -2.05. The number of hydrogen-bond donors (Lipinski definition) is 2. The van der Waals surface area contributed by atoms with Gasteiger partial charge in [-0.25, -0.2) is 4.39 Å². The lowest BCUT2D eigenvalue weighted by Gasteiger charge is -2.09. The molecule has 0 heterocycles. The smallest absolute Gasteiger partial charge is 0.303 e. The lowest BCUT2D eigenvalue weighted by molar-refractivity contribution is -0.137. The van der Waals surface area contributed by atoms with E-state index in [1.165, 1.54) is 6.07 Å². The van der Waals surface area contributed by atoms with E-state index >= 15 is 0 Å². The Kier molecular flexibility index (Phi) is 4.76. The zero-order chi connectivity index (χ0) is 12.0. The number of carbonyl (C=O) groups is 1. The number of carboxylic acids is 1. The summed E-state index contributed by atoms with van der Waals surface area (Å²) in [5.41, 5.74) is 1.37. The quantitative estimate of drug-likeness (QED) is 0.732. The number of aliphatic carboxylic acids is 1. The van der Waals surface area contributed by atoms with Crippen LogP contribution in [-0.2, 0) is 4.79 Å². The Morgan fingerprint density at radius 2 is 2.19 bits per heavy atom. The standard InChI is InChI=1S/C12H16FNO2/c1-9-10(13)5-4-6-11(9)14-8-3-2-7-12(15)16/h4-6,14H,2-3,7-8H2,1H3,(H,15,16). The number of nitrogens with one attached hydrogen (secondary N) is 1. The van der Waals surface area contributed by atoms with Crippen LogP contribution in [-0.4, -0.2) is 17.6 Å². The third-order valence-electron chi connectivity index (χ3n) is 2.40. The van der Waals surface area contributed by atoms with Gasteiger partial charge in [0.15, 0.2) is 0 Å². The van der Waals surface area contributed by atoms with E-state index in [1.54, 1.807) is 13.0 Å². The normalized spacial score (nSPS) is 10.1. The van der Waals surface area contributed by atoms with Crippen LogP contribution >= 0.6 is 0 Å². The van der Waals surface area contributed by atoms with Crippen molar-refractivity contribution in [3.63, 3.8) is 0 Å². The van der Waals surface area contributed by atoms with E-state index in [0.29, 0.717) is 18.5 Å². The zero-order valence-electron chi connectivity index (χ0n) is 9.29.